The first kappa shape index (κ1) is 23.1. The Kier molecular flexibility index (Phi) is 6.42. The van der Waals surface area contributed by atoms with E-state index in [1.54, 1.807) is 30.6 Å². The molecule has 3 aromatic heterocycles. The van der Waals surface area contributed by atoms with E-state index in [1.165, 1.54) is 24.7 Å². The molecule has 2 N–H and O–H groups in total. The molecular formula is C24H21F3N6O. The Balaban J connectivity index is 1.74. The van der Waals surface area contributed by atoms with Gasteiger partial charge in [0.2, 0.25) is 5.91 Å². The number of nitrogens with zero attached hydrogens (tertiary/aromatic N) is 4. The van der Waals surface area contributed by atoms with Crippen molar-refractivity contribution in [1.29, 1.82) is 0 Å². The lowest BCUT2D eigenvalue weighted by atomic mass is 10.0. The van der Waals surface area contributed by atoms with Crippen LogP contribution in [0.4, 0.5) is 18.9 Å². The highest BCUT2D eigenvalue weighted by atomic mass is 19.4. The molecule has 0 spiro atoms. The number of likely N-dealkylation sites (N-methyl/N-ethyl adjacent to an activating group) is 1. The number of nitrogens with one attached hydrogen (secondary N) is 2. The number of alkyl halides is 3. The lowest BCUT2D eigenvalue weighted by Crippen LogP contribution is -2.13. The molecule has 0 saturated carbocycles. The maximum absolute atomic E-state index is 13.6. The number of carbonyl (C=O) groups is 1. The molecule has 0 aliphatic heterocycles. The van der Waals surface area contributed by atoms with Crippen LogP contribution in [-0.2, 0) is 11.0 Å². The quantitative estimate of drug-likeness (QED) is 0.400. The maximum atomic E-state index is 13.6. The maximum Gasteiger partial charge on any atom is 0.416 e. The van der Waals surface area contributed by atoms with Crippen molar-refractivity contribution in [2.24, 2.45) is 0 Å². The molecule has 1 amide bonds. The number of benzene rings is 1. The Labute approximate surface area is 193 Å². The van der Waals surface area contributed by atoms with E-state index in [0.717, 1.165) is 17.7 Å². The fourth-order valence-corrected chi connectivity index (χ4v) is 3.41. The van der Waals surface area contributed by atoms with Crippen molar-refractivity contribution in [2.45, 2.75) is 6.18 Å². The molecule has 4 aromatic rings. The molecule has 4 rings (SSSR count). The van der Waals surface area contributed by atoms with Gasteiger partial charge < -0.3 is 15.2 Å². The zero-order chi connectivity index (χ0) is 24.3. The molecule has 0 fully saturated rings. The third-order valence-electron chi connectivity index (χ3n) is 4.99. The van der Waals surface area contributed by atoms with Crippen LogP contribution in [0.15, 0.2) is 67.4 Å². The van der Waals surface area contributed by atoms with E-state index in [-0.39, 0.29) is 11.3 Å². The fourth-order valence-electron chi connectivity index (χ4n) is 3.41. The topological polar surface area (TPSA) is 86.8 Å². The van der Waals surface area contributed by atoms with E-state index in [2.05, 4.69) is 25.3 Å². The van der Waals surface area contributed by atoms with Crippen LogP contribution < -0.4 is 5.32 Å². The standard InChI is InChI=1S/C24H21F3N6O/c1-33(2)7-3-4-22(34)32-18-9-15(8-17(11-18)24(25,26)27)16-10-19-20(13-30-23(19)29-12-16)21-5-6-28-14-31-21/h3-6,8-14H,7H2,1-2H3,(H,29,30)(H,32,34). The number of H-pyrrole nitrogens is 1. The number of anilines is 1. The van der Waals surface area contributed by atoms with Crippen molar-refractivity contribution in [3.8, 4) is 22.4 Å². The van der Waals surface area contributed by atoms with Crippen LogP contribution in [0, 0.1) is 0 Å². The number of carbonyl (C=O) groups excluding carboxylic acids is 1. The van der Waals surface area contributed by atoms with Gasteiger partial charge in [-0.3, -0.25) is 4.79 Å². The second-order valence-electron chi connectivity index (χ2n) is 7.87. The Morgan fingerprint density at radius 1 is 1.15 bits per heavy atom. The van der Waals surface area contributed by atoms with Crippen molar-refractivity contribution in [1.82, 2.24) is 24.8 Å². The first-order chi connectivity index (χ1) is 16.2. The highest BCUT2D eigenvalue weighted by Gasteiger charge is 2.31. The van der Waals surface area contributed by atoms with Crippen molar-refractivity contribution < 1.29 is 18.0 Å². The smallest absolute Gasteiger partial charge is 0.345 e. The number of aromatic amines is 1. The normalized spacial score (nSPS) is 12.1. The molecule has 0 saturated heterocycles. The van der Waals surface area contributed by atoms with E-state index in [4.69, 9.17) is 0 Å². The van der Waals surface area contributed by atoms with Crippen molar-refractivity contribution in [3.63, 3.8) is 0 Å². The number of amides is 1. The second-order valence-corrected chi connectivity index (χ2v) is 7.87. The lowest BCUT2D eigenvalue weighted by molar-refractivity contribution is -0.137. The minimum atomic E-state index is -4.59. The molecule has 0 bridgehead atoms. The summed E-state index contributed by atoms with van der Waals surface area (Å²) in [7, 11) is 3.68. The fraction of sp³-hybridized carbons (Fsp3) is 0.167. The molecule has 174 valence electrons. The zero-order valence-corrected chi connectivity index (χ0v) is 18.4. The Morgan fingerprint density at radius 2 is 1.97 bits per heavy atom. The molecule has 3 heterocycles. The predicted octanol–water partition coefficient (Wildman–Crippen LogP) is 4.76. The van der Waals surface area contributed by atoms with Gasteiger partial charge in [0.05, 0.1) is 11.3 Å². The number of aromatic nitrogens is 4. The van der Waals surface area contributed by atoms with Gasteiger partial charge in [0.15, 0.2) is 0 Å². The molecule has 0 radical (unpaired) electrons. The molecule has 0 atom stereocenters. The van der Waals surface area contributed by atoms with Crippen LogP contribution in [-0.4, -0.2) is 51.4 Å². The molecule has 10 heteroatoms. The minimum absolute atomic E-state index is 0.0366. The molecular weight excluding hydrogens is 445 g/mol. The first-order valence-corrected chi connectivity index (χ1v) is 10.3. The van der Waals surface area contributed by atoms with Gasteiger partial charge in [0, 0.05) is 53.4 Å². The molecule has 0 unspecified atom stereocenters. The van der Waals surface area contributed by atoms with Gasteiger partial charge in [-0.15, -0.1) is 0 Å². The van der Waals surface area contributed by atoms with E-state index in [1.807, 2.05) is 19.0 Å². The average molecular weight is 466 g/mol. The van der Waals surface area contributed by atoms with Gasteiger partial charge in [-0.1, -0.05) is 6.08 Å². The van der Waals surface area contributed by atoms with Gasteiger partial charge in [0.25, 0.3) is 0 Å². The number of halogens is 3. The van der Waals surface area contributed by atoms with Gasteiger partial charge in [-0.2, -0.15) is 13.2 Å². The Hall–Kier alpha value is -4.05. The highest BCUT2D eigenvalue weighted by Crippen LogP contribution is 2.36. The summed E-state index contributed by atoms with van der Waals surface area (Å²) in [6.45, 7) is 0.526. The van der Waals surface area contributed by atoms with Crippen LogP contribution in [0.5, 0.6) is 0 Å². The monoisotopic (exact) mass is 466 g/mol. The molecule has 1 aromatic carbocycles. The molecule has 7 nitrogen and oxygen atoms in total. The molecule has 34 heavy (non-hydrogen) atoms. The number of fused-ring (bicyclic) bond motifs is 1. The Bertz CT molecular complexity index is 1350. The van der Waals surface area contributed by atoms with Crippen LogP contribution in [0.2, 0.25) is 0 Å². The summed E-state index contributed by atoms with van der Waals surface area (Å²) in [6.07, 6.45) is 4.58. The summed E-state index contributed by atoms with van der Waals surface area (Å²) in [4.78, 5) is 29.6. The molecule has 0 aliphatic rings. The van der Waals surface area contributed by atoms with Gasteiger partial charge in [0.1, 0.15) is 12.0 Å². The largest absolute Gasteiger partial charge is 0.416 e. The van der Waals surface area contributed by atoms with Crippen molar-refractivity contribution in [3.05, 3.63) is 73.0 Å². The minimum Gasteiger partial charge on any atom is -0.345 e. The van der Waals surface area contributed by atoms with Crippen LogP contribution in [0.25, 0.3) is 33.4 Å². The van der Waals surface area contributed by atoms with Gasteiger partial charge in [-0.05, 0) is 50.0 Å². The van der Waals surface area contributed by atoms with Crippen LogP contribution in [0.3, 0.4) is 0 Å². The third kappa shape index (κ3) is 5.29. The third-order valence-corrected chi connectivity index (χ3v) is 4.99. The summed E-state index contributed by atoms with van der Waals surface area (Å²) >= 11 is 0. The number of pyridine rings is 1. The number of hydrogen-bond acceptors (Lipinski definition) is 5. The van der Waals surface area contributed by atoms with E-state index < -0.39 is 17.6 Å². The summed E-state index contributed by atoms with van der Waals surface area (Å²) in [5.41, 5.74) is 1.87. The van der Waals surface area contributed by atoms with Crippen molar-refractivity contribution >= 4 is 22.6 Å². The lowest BCUT2D eigenvalue weighted by Gasteiger charge is -2.13. The summed E-state index contributed by atoms with van der Waals surface area (Å²) < 4.78 is 40.8. The average Bonchev–Trinajstić information content (AvgIpc) is 3.22. The van der Waals surface area contributed by atoms with E-state index in [0.29, 0.717) is 28.8 Å². The summed E-state index contributed by atoms with van der Waals surface area (Å²) in [5.74, 6) is -0.516. The molecule has 0 aliphatic carbocycles. The van der Waals surface area contributed by atoms with Gasteiger partial charge in [-0.25, -0.2) is 15.0 Å². The highest BCUT2D eigenvalue weighted by molar-refractivity contribution is 6.00. The predicted molar refractivity (Wildman–Crippen MR) is 124 cm³/mol. The van der Waals surface area contributed by atoms with Crippen molar-refractivity contribution in [2.75, 3.05) is 26.0 Å². The first-order valence-electron chi connectivity index (χ1n) is 10.3. The van der Waals surface area contributed by atoms with Crippen LogP contribution >= 0.6 is 0 Å². The number of hydrogen-bond donors (Lipinski definition) is 2. The summed E-state index contributed by atoms with van der Waals surface area (Å²) in [5, 5.41) is 3.22. The van der Waals surface area contributed by atoms with Crippen LogP contribution in [0.1, 0.15) is 5.56 Å². The Morgan fingerprint density at radius 3 is 2.68 bits per heavy atom. The number of rotatable bonds is 6. The zero-order valence-electron chi connectivity index (χ0n) is 18.4. The summed E-state index contributed by atoms with van der Waals surface area (Å²) in [6, 6.07) is 6.92. The van der Waals surface area contributed by atoms with Gasteiger partial charge >= 0.3 is 6.18 Å². The SMILES string of the molecule is CN(C)CC=CC(=O)Nc1cc(-c2cnc3[nH]cc(-c4ccncn4)c3c2)cc(C(F)(F)F)c1. The second kappa shape index (κ2) is 9.44. The van der Waals surface area contributed by atoms with E-state index >= 15 is 0 Å². The van der Waals surface area contributed by atoms with E-state index in [9.17, 15) is 18.0 Å².